The number of rotatable bonds is 11. The molecule has 254 valence electrons. The van der Waals surface area contributed by atoms with Crippen LogP contribution in [0.3, 0.4) is 0 Å². The number of nitrogens with one attached hydrogen (secondary N) is 1. The number of methoxy groups -OCH3 is 2. The van der Waals surface area contributed by atoms with Gasteiger partial charge in [0.1, 0.15) is 5.75 Å². The highest BCUT2D eigenvalue weighted by Gasteiger charge is 2.53. The summed E-state index contributed by atoms with van der Waals surface area (Å²) in [6, 6.07) is 13.5. The summed E-state index contributed by atoms with van der Waals surface area (Å²) in [5.74, 6) is 0.490. The molecule has 2 amide bonds. The lowest BCUT2D eigenvalue weighted by Gasteiger charge is -2.35. The molecule has 12 heteroatoms. The Hall–Kier alpha value is -3.45. The molecular weight excluding hydrogens is 620 g/mol. The first-order valence-corrected chi connectivity index (χ1v) is 18.0. The number of hydrogen-bond donors (Lipinski definition) is 1. The molecule has 3 fully saturated rings. The van der Waals surface area contributed by atoms with Gasteiger partial charge in [0, 0.05) is 57.3 Å². The number of amides is 2. The van der Waals surface area contributed by atoms with Gasteiger partial charge in [-0.1, -0.05) is 25.3 Å². The molecule has 2 aliphatic carbocycles. The van der Waals surface area contributed by atoms with E-state index in [1.807, 2.05) is 23.1 Å². The van der Waals surface area contributed by atoms with Gasteiger partial charge < -0.3 is 23.7 Å². The maximum atomic E-state index is 14.3. The van der Waals surface area contributed by atoms with Gasteiger partial charge in [0.2, 0.25) is 5.91 Å². The molecule has 1 aromatic heterocycles. The number of carbonyl (C=O) groups is 2. The number of carbonyl (C=O) groups excluding carboxylic acids is 2. The van der Waals surface area contributed by atoms with Crippen molar-refractivity contribution in [3.8, 4) is 17.0 Å². The Morgan fingerprint density at radius 3 is 2.40 bits per heavy atom. The first-order valence-electron chi connectivity index (χ1n) is 16.5. The second-order valence-corrected chi connectivity index (χ2v) is 15.2. The number of benzene rings is 2. The molecule has 11 nitrogen and oxygen atoms in total. The first-order chi connectivity index (χ1) is 22.6. The summed E-state index contributed by atoms with van der Waals surface area (Å²) in [5.41, 5.74) is 3.77. The Morgan fingerprint density at radius 2 is 1.77 bits per heavy atom. The Morgan fingerprint density at radius 1 is 1.04 bits per heavy atom. The van der Waals surface area contributed by atoms with Crippen molar-refractivity contribution in [3.63, 3.8) is 0 Å². The summed E-state index contributed by atoms with van der Waals surface area (Å²) in [6.07, 6.45) is 6.98. The van der Waals surface area contributed by atoms with Crippen LogP contribution in [0.5, 0.6) is 5.75 Å². The van der Waals surface area contributed by atoms with Gasteiger partial charge in [-0.3, -0.25) is 9.59 Å². The zero-order valence-electron chi connectivity index (χ0n) is 27.8. The highest BCUT2D eigenvalue weighted by atomic mass is 32.2. The zero-order chi connectivity index (χ0) is 33.3. The number of morpholine rings is 1. The van der Waals surface area contributed by atoms with Crippen molar-refractivity contribution in [3.05, 3.63) is 53.6 Å². The van der Waals surface area contributed by atoms with Crippen LogP contribution in [0.15, 0.2) is 42.5 Å². The zero-order valence-corrected chi connectivity index (χ0v) is 28.6. The summed E-state index contributed by atoms with van der Waals surface area (Å²) >= 11 is 0. The van der Waals surface area contributed by atoms with E-state index in [2.05, 4.69) is 21.4 Å². The number of hydrogen-bond acceptors (Lipinski definition) is 7. The van der Waals surface area contributed by atoms with E-state index in [0.717, 1.165) is 70.7 Å². The van der Waals surface area contributed by atoms with Crippen LogP contribution in [0, 0.1) is 5.41 Å². The summed E-state index contributed by atoms with van der Waals surface area (Å²) in [7, 11) is 2.05. The minimum Gasteiger partial charge on any atom is -0.497 e. The van der Waals surface area contributed by atoms with E-state index in [1.54, 1.807) is 26.4 Å². The predicted octanol–water partition coefficient (Wildman–Crippen LogP) is 4.55. The molecule has 6 rings (SSSR count). The Labute approximate surface area is 277 Å². The molecule has 3 aliphatic rings. The summed E-state index contributed by atoms with van der Waals surface area (Å²) in [6.45, 7) is 2.38. The van der Waals surface area contributed by atoms with E-state index >= 15 is 0 Å². The molecule has 2 saturated carbocycles. The molecule has 1 N–H and O–H groups in total. The average Bonchev–Trinajstić information content (AvgIpc) is 3.80. The van der Waals surface area contributed by atoms with Gasteiger partial charge in [0.25, 0.3) is 5.91 Å². The fraction of sp³-hybridized carbons (Fsp3) is 0.543. The number of fused-ring (bicyclic) bond motifs is 1. The molecule has 0 bridgehead atoms. The van der Waals surface area contributed by atoms with Crippen LogP contribution in [0.4, 0.5) is 0 Å². The minimum absolute atomic E-state index is 0.120. The van der Waals surface area contributed by atoms with Gasteiger partial charge in [0.15, 0.2) is 0 Å². The average molecular weight is 667 g/mol. The molecule has 1 atom stereocenters. The van der Waals surface area contributed by atoms with Gasteiger partial charge in [-0.25, -0.2) is 4.72 Å². The van der Waals surface area contributed by atoms with Crippen LogP contribution in [0.2, 0.25) is 0 Å². The molecular formula is C35H46N4O7S. The first kappa shape index (κ1) is 33.5. The molecule has 1 saturated heterocycles. The molecule has 0 radical (unpaired) electrons. The van der Waals surface area contributed by atoms with Crippen molar-refractivity contribution in [2.75, 3.05) is 54.6 Å². The number of ether oxygens (including phenoxy) is 3. The molecule has 0 spiro atoms. The van der Waals surface area contributed by atoms with Crippen molar-refractivity contribution < 1.29 is 32.2 Å². The van der Waals surface area contributed by atoms with Gasteiger partial charge in [-0.15, -0.1) is 0 Å². The summed E-state index contributed by atoms with van der Waals surface area (Å²) in [5, 5.41) is 1.03. The van der Waals surface area contributed by atoms with Gasteiger partial charge in [-0.05, 0) is 79.1 Å². The fourth-order valence-corrected chi connectivity index (χ4v) is 7.77. The third kappa shape index (κ3) is 6.78. The third-order valence-electron chi connectivity index (χ3n) is 9.99. The fourth-order valence-electron chi connectivity index (χ4n) is 7.23. The molecule has 0 unspecified atom stereocenters. The Kier molecular flexibility index (Phi) is 9.66. The lowest BCUT2D eigenvalue weighted by molar-refractivity contribution is -0.147. The largest absolute Gasteiger partial charge is 0.497 e. The lowest BCUT2D eigenvalue weighted by Crippen LogP contribution is -2.50. The van der Waals surface area contributed by atoms with E-state index in [1.165, 1.54) is 26.1 Å². The van der Waals surface area contributed by atoms with Crippen LogP contribution >= 0.6 is 0 Å². The second-order valence-electron chi connectivity index (χ2n) is 13.3. The molecule has 47 heavy (non-hydrogen) atoms. The van der Waals surface area contributed by atoms with E-state index in [9.17, 15) is 18.0 Å². The van der Waals surface area contributed by atoms with Crippen LogP contribution in [-0.2, 0) is 31.0 Å². The monoisotopic (exact) mass is 666 g/mol. The highest BCUT2D eigenvalue weighted by molar-refractivity contribution is 7.87. The summed E-state index contributed by atoms with van der Waals surface area (Å²) < 4.78 is 47.1. The van der Waals surface area contributed by atoms with Gasteiger partial charge in [-0.2, -0.15) is 12.7 Å². The SMILES string of the molecule is COC[C@@H]1CN(C(=O)C2(Cn3c(-c4ccc(OC)cc4)c(C4CCCCC4)c4ccc(C(=O)NS(=O)(=O)N(C)C)cc43)CC2)CCO1. The Balaban J connectivity index is 1.49. The maximum absolute atomic E-state index is 14.3. The molecule has 2 heterocycles. The van der Waals surface area contributed by atoms with Crippen LogP contribution in [0.25, 0.3) is 22.2 Å². The van der Waals surface area contributed by atoms with E-state index in [0.29, 0.717) is 38.8 Å². The van der Waals surface area contributed by atoms with E-state index in [4.69, 9.17) is 14.2 Å². The molecule has 3 aromatic rings. The van der Waals surface area contributed by atoms with E-state index in [-0.39, 0.29) is 17.6 Å². The Bertz CT molecular complexity index is 1720. The van der Waals surface area contributed by atoms with Crippen LogP contribution < -0.4 is 9.46 Å². The molecule has 1 aliphatic heterocycles. The second kappa shape index (κ2) is 13.6. The van der Waals surface area contributed by atoms with Gasteiger partial charge >= 0.3 is 10.2 Å². The standard InChI is InChI=1S/C35H46N4O7S/c1-37(2)47(42,43)36-33(40)26-12-15-29-30(20-26)39(23-35(16-17-35)34(41)38-18-19-46-28(21-38)22-44-3)32(25-10-13-27(45-4)14-11-25)31(29)24-8-6-5-7-9-24/h10-15,20,24,28H,5-9,16-19,21-23H2,1-4H3,(H,36,40)/t28-/m0/s1. The maximum Gasteiger partial charge on any atom is 0.303 e. The quantitative estimate of drug-likeness (QED) is 0.319. The lowest BCUT2D eigenvalue weighted by atomic mass is 9.81. The van der Waals surface area contributed by atoms with Crippen molar-refractivity contribution in [1.82, 2.24) is 18.5 Å². The number of nitrogens with zero attached hydrogens (tertiary/aromatic N) is 3. The topological polar surface area (TPSA) is 119 Å². The smallest absolute Gasteiger partial charge is 0.303 e. The van der Waals surface area contributed by atoms with E-state index < -0.39 is 21.5 Å². The number of aromatic nitrogens is 1. The molecule has 2 aromatic carbocycles. The normalized spacial score (nSPS) is 20.0. The van der Waals surface area contributed by atoms with Crippen molar-refractivity contribution in [1.29, 1.82) is 0 Å². The van der Waals surface area contributed by atoms with Crippen molar-refractivity contribution in [2.24, 2.45) is 5.41 Å². The van der Waals surface area contributed by atoms with Crippen LogP contribution in [-0.4, -0.2) is 94.7 Å². The highest BCUT2D eigenvalue weighted by Crippen LogP contribution is 2.52. The van der Waals surface area contributed by atoms with Gasteiger partial charge in [0.05, 0.1) is 37.5 Å². The van der Waals surface area contributed by atoms with Crippen LogP contribution in [0.1, 0.15) is 66.8 Å². The summed E-state index contributed by atoms with van der Waals surface area (Å²) in [4.78, 5) is 29.5. The predicted molar refractivity (Wildman–Crippen MR) is 180 cm³/mol. The third-order valence-corrected chi connectivity index (χ3v) is 11.4. The van der Waals surface area contributed by atoms with Crippen molar-refractivity contribution >= 4 is 32.9 Å². The minimum atomic E-state index is -3.98. The van der Waals surface area contributed by atoms with Crippen molar-refractivity contribution in [2.45, 2.75) is 63.5 Å².